The van der Waals surface area contributed by atoms with Crippen LogP contribution in [0.25, 0.3) is 10.9 Å². The van der Waals surface area contributed by atoms with Crippen LogP contribution in [-0.4, -0.2) is 35.1 Å². The maximum atomic E-state index is 10.9. The highest BCUT2D eigenvalue weighted by Gasteiger charge is 2.24. The van der Waals surface area contributed by atoms with Gasteiger partial charge in [0.1, 0.15) is 0 Å². The topological polar surface area (TPSA) is 46.8 Å². The molecule has 4 nitrogen and oxygen atoms in total. The van der Waals surface area contributed by atoms with Crippen LogP contribution in [0.3, 0.4) is 0 Å². The zero-order valence-corrected chi connectivity index (χ0v) is 14.6. The molecule has 0 spiro atoms. The molecule has 0 atom stereocenters. The van der Waals surface area contributed by atoms with Crippen molar-refractivity contribution < 1.29 is 9.84 Å². The van der Waals surface area contributed by atoms with Crippen molar-refractivity contribution in [2.75, 3.05) is 19.8 Å². The van der Waals surface area contributed by atoms with Crippen molar-refractivity contribution in [3.8, 4) is 5.88 Å². The van der Waals surface area contributed by atoms with Crippen LogP contribution in [0.15, 0.2) is 23.2 Å². The highest BCUT2D eigenvalue weighted by Crippen LogP contribution is 2.37. The highest BCUT2D eigenvalue weighted by molar-refractivity contribution is 6.14. The molecular weight excluding hydrogens is 300 g/mol. The zero-order valence-electron chi connectivity index (χ0n) is 14.6. The number of aromatic hydroxyl groups is 1. The summed E-state index contributed by atoms with van der Waals surface area (Å²) in [5.74, 6) is 1.26. The second-order valence-corrected chi connectivity index (χ2v) is 7.38. The van der Waals surface area contributed by atoms with E-state index in [1.165, 1.54) is 24.8 Å². The van der Waals surface area contributed by atoms with E-state index >= 15 is 0 Å². The number of hydrogen-bond donors (Lipinski definition) is 1. The maximum absolute atomic E-state index is 10.9. The van der Waals surface area contributed by atoms with Crippen LogP contribution in [0.1, 0.15) is 50.3 Å². The zero-order chi connectivity index (χ0) is 16.7. The summed E-state index contributed by atoms with van der Waals surface area (Å²) >= 11 is 0. The normalized spacial score (nSPS) is 18.4. The Labute approximate surface area is 143 Å². The highest BCUT2D eigenvalue weighted by atomic mass is 16.5. The van der Waals surface area contributed by atoms with Gasteiger partial charge in [-0.3, -0.25) is 4.99 Å². The van der Waals surface area contributed by atoms with E-state index in [4.69, 9.17) is 4.74 Å². The molecule has 1 aromatic carbocycles. The minimum Gasteiger partial charge on any atom is -0.494 e. The Balaban J connectivity index is 1.82. The first-order chi connectivity index (χ1) is 11.6. The predicted octanol–water partition coefficient (Wildman–Crippen LogP) is 4.09. The predicted molar refractivity (Wildman–Crippen MR) is 97.3 cm³/mol. The smallest absolute Gasteiger partial charge is 0.201 e. The molecule has 2 aromatic rings. The molecule has 1 fully saturated rings. The number of fused-ring (bicyclic) bond motifs is 1. The maximum Gasteiger partial charge on any atom is 0.201 e. The summed E-state index contributed by atoms with van der Waals surface area (Å²) in [6.07, 6.45) is 5.19. The van der Waals surface area contributed by atoms with Gasteiger partial charge in [-0.2, -0.15) is 0 Å². The van der Waals surface area contributed by atoms with E-state index in [2.05, 4.69) is 37.0 Å². The van der Waals surface area contributed by atoms with Crippen molar-refractivity contribution in [1.82, 2.24) is 4.57 Å². The first-order valence-corrected chi connectivity index (χ1v) is 9.12. The number of benzene rings is 1. The minimum atomic E-state index is 0.198. The van der Waals surface area contributed by atoms with Gasteiger partial charge in [0.05, 0.1) is 36.6 Å². The molecule has 0 amide bonds. The van der Waals surface area contributed by atoms with Crippen molar-refractivity contribution >= 4 is 16.6 Å². The number of aliphatic imine (C=N–C) groups is 1. The van der Waals surface area contributed by atoms with E-state index in [1.54, 1.807) is 0 Å². The Morgan fingerprint density at radius 2 is 2.17 bits per heavy atom. The van der Waals surface area contributed by atoms with Crippen molar-refractivity contribution in [2.45, 2.75) is 45.6 Å². The number of nitrogens with zero attached hydrogens (tertiary/aromatic N) is 2. The van der Waals surface area contributed by atoms with Crippen LogP contribution in [0.4, 0.5) is 0 Å². The second-order valence-electron chi connectivity index (χ2n) is 7.38. The Hall–Kier alpha value is -1.81. The summed E-state index contributed by atoms with van der Waals surface area (Å²) in [6.45, 7) is 6.02. The molecule has 0 radical (unpaired) electrons. The number of rotatable bonds is 5. The van der Waals surface area contributed by atoms with Crippen LogP contribution in [0, 0.1) is 5.92 Å². The summed E-state index contributed by atoms with van der Waals surface area (Å²) in [6, 6.07) is 6.82. The molecule has 0 saturated heterocycles. The standard InChI is InChI=1S/C20H26N2O2/c1-13(2)22-18-8-7-15(6-5-14-3-4-14)11-16(18)19(20(22)23)17-12-24-10-9-21-17/h7-8,11,13-14,23H,3-6,9-10,12H2,1-2H3. The van der Waals surface area contributed by atoms with Crippen LogP contribution in [0.5, 0.6) is 5.88 Å². The lowest BCUT2D eigenvalue weighted by Gasteiger charge is -2.14. The van der Waals surface area contributed by atoms with Gasteiger partial charge in [0.15, 0.2) is 0 Å². The van der Waals surface area contributed by atoms with E-state index in [0.717, 1.165) is 34.5 Å². The van der Waals surface area contributed by atoms with E-state index in [1.807, 2.05) is 4.57 Å². The number of aryl methyl sites for hydroxylation is 1. The number of aromatic nitrogens is 1. The van der Waals surface area contributed by atoms with Crippen LogP contribution in [0.2, 0.25) is 0 Å². The first-order valence-electron chi connectivity index (χ1n) is 9.12. The summed E-state index contributed by atoms with van der Waals surface area (Å²) in [5, 5.41) is 12.0. The Morgan fingerprint density at radius 1 is 1.33 bits per heavy atom. The van der Waals surface area contributed by atoms with E-state index in [9.17, 15) is 5.11 Å². The largest absolute Gasteiger partial charge is 0.494 e. The Kier molecular flexibility index (Phi) is 4.09. The molecule has 2 aliphatic rings. The van der Waals surface area contributed by atoms with Crippen LogP contribution < -0.4 is 0 Å². The fraction of sp³-hybridized carbons (Fsp3) is 0.550. The first kappa shape index (κ1) is 15.7. The van der Waals surface area contributed by atoms with Gasteiger partial charge < -0.3 is 14.4 Å². The molecule has 4 heteroatoms. The molecule has 2 heterocycles. The number of hydrogen-bond acceptors (Lipinski definition) is 3. The van der Waals surface area contributed by atoms with Gasteiger partial charge in [0.25, 0.3) is 0 Å². The fourth-order valence-electron chi connectivity index (χ4n) is 3.70. The van der Waals surface area contributed by atoms with Gasteiger partial charge in [0, 0.05) is 11.4 Å². The summed E-state index contributed by atoms with van der Waals surface area (Å²) in [7, 11) is 0. The van der Waals surface area contributed by atoms with Gasteiger partial charge in [-0.25, -0.2) is 0 Å². The average Bonchev–Trinajstić information content (AvgIpc) is 3.35. The fourth-order valence-corrected chi connectivity index (χ4v) is 3.70. The summed E-state index contributed by atoms with van der Waals surface area (Å²) in [4.78, 5) is 4.62. The van der Waals surface area contributed by atoms with Crippen molar-refractivity contribution in [3.05, 3.63) is 29.3 Å². The van der Waals surface area contributed by atoms with Crippen molar-refractivity contribution in [1.29, 1.82) is 0 Å². The third kappa shape index (κ3) is 2.84. The number of ether oxygens (including phenoxy) is 1. The van der Waals surface area contributed by atoms with Crippen molar-refractivity contribution in [2.24, 2.45) is 10.9 Å². The monoisotopic (exact) mass is 326 g/mol. The quantitative estimate of drug-likeness (QED) is 0.899. The minimum absolute atomic E-state index is 0.198. The van der Waals surface area contributed by atoms with E-state index in [-0.39, 0.29) is 6.04 Å². The molecule has 24 heavy (non-hydrogen) atoms. The van der Waals surface area contributed by atoms with Crippen molar-refractivity contribution in [3.63, 3.8) is 0 Å². The SMILES string of the molecule is CC(C)n1c(O)c(C2=NCCOC2)c2cc(CCC3CC3)ccc21. The Morgan fingerprint density at radius 3 is 2.83 bits per heavy atom. The van der Waals surface area contributed by atoms with E-state index < -0.39 is 0 Å². The van der Waals surface area contributed by atoms with Gasteiger partial charge in [0.2, 0.25) is 5.88 Å². The Bertz CT molecular complexity index is 785. The molecule has 0 unspecified atom stereocenters. The molecule has 1 aromatic heterocycles. The third-order valence-electron chi connectivity index (χ3n) is 5.16. The van der Waals surface area contributed by atoms with Crippen LogP contribution >= 0.6 is 0 Å². The molecule has 1 aliphatic heterocycles. The van der Waals surface area contributed by atoms with Gasteiger partial charge in [-0.1, -0.05) is 18.9 Å². The second kappa shape index (κ2) is 6.25. The molecule has 1 N–H and O–H groups in total. The summed E-state index contributed by atoms with van der Waals surface area (Å²) in [5.41, 5.74) is 4.18. The van der Waals surface area contributed by atoms with Crippen LogP contribution in [-0.2, 0) is 11.2 Å². The van der Waals surface area contributed by atoms with Gasteiger partial charge in [-0.05, 0) is 50.3 Å². The molecule has 1 aliphatic carbocycles. The molecule has 0 bridgehead atoms. The van der Waals surface area contributed by atoms with Gasteiger partial charge >= 0.3 is 0 Å². The molecule has 128 valence electrons. The third-order valence-corrected chi connectivity index (χ3v) is 5.16. The average molecular weight is 326 g/mol. The molecular formula is C20H26N2O2. The molecule has 4 rings (SSSR count). The van der Waals surface area contributed by atoms with E-state index in [0.29, 0.717) is 25.6 Å². The summed E-state index contributed by atoms with van der Waals surface area (Å²) < 4.78 is 7.58. The molecule has 1 saturated carbocycles. The lowest BCUT2D eigenvalue weighted by Crippen LogP contribution is -2.18. The lowest BCUT2D eigenvalue weighted by molar-refractivity contribution is 0.171. The lowest BCUT2D eigenvalue weighted by atomic mass is 10.0. The van der Waals surface area contributed by atoms with Gasteiger partial charge in [-0.15, -0.1) is 0 Å².